The van der Waals surface area contributed by atoms with Crippen LogP contribution in [0.25, 0.3) is 0 Å². The minimum Gasteiger partial charge on any atom is -0.339 e. The fourth-order valence-corrected chi connectivity index (χ4v) is 3.80. The number of hydrogen-bond donors (Lipinski definition) is 0. The van der Waals surface area contributed by atoms with E-state index in [1.165, 1.54) is 17.5 Å². The van der Waals surface area contributed by atoms with Crippen LogP contribution in [0.2, 0.25) is 0 Å². The van der Waals surface area contributed by atoms with Crippen LogP contribution in [0.5, 0.6) is 0 Å². The SMILES string of the molecule is CCC1CCCCN1C(=O)CC(=O)N1CCc2ccccc2C1. The maximum Gasteiger partial charge on any atom is 0.232 e. The quantitative estimate of drug-likeness (QED) is 0.805. The molecular formula is C19H26N2O2. The van der Waals surface area contributed by atoms with Crippen molar-refractivity contribution >= 4 is 11.8 Å². The van der Waals surface area contributed by atoms with Gasteiger partial charge in [0, 0.05) is 25.7 Å². The number of amides is 2. The average molecular weight is 314 g/mol. The van der Waals surface area contributed by atoms with Gasteiger partial charge in [0.2, 0.25) is 11.8 Å². The van der Waals surface area contributed by atoms with Gasteiger partial charge in [-0.15, -0.1) is 0 Å². The molecule has 1 aromatic rings. The highest BCUT2D eigenvalue weighted by Crippen LogP contribution is 2.22. The van der Waals surface area contributed by atoms with Crippen molar-refractivity contribution < 1.29 is 9.59 Å². The Morgan fingerprint density at radius 1 is 1.09 bits per heavy atom. The zero-order valence-electron chi connectivity index (χ0n) is 14.0. The first-order valence-corrected chi connectivity index (χ1v) is 8.83. The van der Waals surface area contributed by atoms with Gasteiger partial charge in [-0.3, -0.25) is 9.59 Å². The Labute approximate surface area is 138 Å². The van der Waals surface area contributed by atoms with Gasteiger partial charge in [-0.1, -0.05) is 31.2 Å². The molecule has 2 aliphatic heterocycles. The van der Waals surface area contributed by atoms with Crippen LogP contribution in [-0.2, 0) is 22.6 Å². The molecule has 0 radical (unpaired) electrons. The molecule has 3 rings (SSSR count). The normalized spacial score (nSPS) is 21.0. The summed E-state index contributed by atoms with van der Waals surface area (Å²) < 4.78 is 0. The van der Waals surface area contributed by atoms with E-state index in [0.717, 1.165) is 38.8 Å². The first-order chi connectivity index (χ1) is 11.2. The van der Waals surface area contributed by atoms with Crippen LogP contribution in [0.15, 0.2) is 24.3 Å². The Kier molecular flexibility index (Phi) is 4.99. The number of rotatable bonds is 3. The van der Waals surface area contributed by atoms with Crippen LogP contribution in [0, 0.1) is 0 Å². The second-order valence-electron chi connectivity index (χ2n) is 6.66. The molecule has 0 N–H and O–H groups in total. The van der Waals surface area contributed by atoms with Crippen molar-refractivity contribution in [2.75, 3.05) is 13.1 Å². The molecule has 2 aliphatic rings. The zero-order valence-corrected chi connectivity index (χ0v) is 14.0. The van der Waals surface area contributed by atoms with E-state index in [-0.39, 0.29) is 18.2 Å². The lowest BCUT2D eigenvalue weighted by Gasteiger charge is -2.36. The molecule has 0 aliphatic carbocycles. The third kappa shape index (κ3) is 3.57. The number of benzene rings is 1. The molecule has 1 aromatic carbocycles. The monoisotopic (exact) mass is 314 g/mol. The number of nitrogens with zero attached hydrogens (tertiary/aromatic N) is 2. The number of piperidine rings is 1. The fourth-order valence-electron chi connectivity index (χ4n) is 3.80. The summed E-state index contributed by atoms with van der Waals surface area (Å²) in [6.45, 7) is 4.30. The molecule has 124 valence electrons. The molecule has 0 spiro atoms. The average Bonchev–Trinajstić information content (AvgIpc) is 2.61. The highest BCUT2D eigenvalue weighted by atomic mass is 16.2. The Morgan fingerprint density at radius 2 is 1.87 bits per heavy atom. The van der Waals surface area contributed by atoms with E-state index in [1.54, 1.807) is 0 Å². The van der Waals surface area contributed by atoms with Gasteiger partial charge in [-0.05, 0) is 43.2 Å². The standard InChI is InChI=1S/C19H26N2O2/c1-2-17-9-5-6-11-21(17)19(23)13-18(22)20-12-10-15-7-3-4-8-16(15)14-20/h3-4,7-8,17H,2,5-6,9-14H2,1H3. The number of fused-ring (bicyclic) bond motifs is 1. The molecule has 2 amide bonds. The van der Waals surface area contributed by atoms with E-state index in [1.807, 2.05) is 21.9 Å². The molecule has 4 nitrogen and oxygen atoms in total. The van der Waals surface area contributed by atoms with Gasteiger partial charge < -0.3 is 9.80 Å². The lowest BCUT2D eigenvalue weighted by Crippen LogP contribution is -2.46. The smallest absolute Gasteiger partial charge is 0.232 e. The summed E-state index contributed by atoms with van der Waals surface area (Å²) in [7, 11) is 0. The van der Waals surface area contributed by atoms with Gasteiger partial charge in [0.1, 0.15) is 6.42 Å². The molecule has 1 atom stereocenters. The van der Waals surface area contributed by atoms with E-state index >= 15 is 0 Å². The largest absolute Gasteiger partial charge is 0.339 e. The van der Waals surface area contributed by atoms with E-state index in [2.05, 4.69) is 19.1 Å². The minimum atomic E-state index is -0.0232. The second kappa shape index (κ2) is 7.16. The van der Waals surface area contributed by atoms with Crippen molar-refractivity contribution in [2.24, 2.45) is 0 Å². The van der Waals surface area contributed by atoms with Crippen molar-refractivity contribution in [2.45, 2.75) is 58.0 Å². The summed E-state index contributed by atoms with van der Waals surface area (Å²) in [6, 6.07) is 8.58. The molecule has 2 heterocycles. The van der Waals surface area contributed by atoms with Crippen molar-refractivity contribution in [3.63, 3.8) is 0 Å². The number of carbonyl (C=O) groups excluding carboxylic acids is 2. The summed E-state index contributed by atoms with van der Waals surface area (Å²) in [6.07, 6.45) is 5.23. The molecule has 0 saturated carbocycles. The van der Waals surface area contributed by atoms with Crippen molar-refractivity contribution in [1.82, 2.24) is 9.80 Å². The predicted molar refractivity (Wildman–Crippen MR) is 89.8 cm³/mol. The summed E-state index contributed by atoms with van der Waals surface area (Å²) in [5.41, 5.74) is 2.54. The van der Waals surface area contributed by atoms with Gasteiger partial charge in [-0.2, -0.15) is 0 Å². The Bertz CT molecular complexity index is 584. The summed E-state index contributed by atoms with van der Waals surface area (Å²) >= 11 is 0. The van der Waals surface area contributed by atoms with Crippen LogP contribution in [-0.4, -0.2) is 40.7 Å². The number of likely N-dealkylation sites (tertiary alicyclic amines) is 1. The second-order valence-corrected chi connectivity index (χ2v) is 6.66. The number of carbonyl (C=O) groups is 2. The van der Waals surface area contributed by atoms with Gasteiger partial charge in [0.25, 0.3) is 0 Å². The first-order valence-electron chi connectivity index (χ1n) is 8.83. The number of hydrogen-bond acceptors (Lipinski definition) is 2. The Balaban J connectivity index is 1.60. The van der Waals surface area contributed by atoms with Crippen LogP contribution in [0.4, 0.5) is 0 Å². The minimum absolute atomic E-state index is 0.0143. The Hall–Kier alpha value is -1.84. The lowest BCUT2D eigenvalue weighted by atomic mass is 9.98. The third-order valence-corrected chi connectivity index (χ3v) is 5.20. The molecular weight excluding hydrogens is 288 g/mol. The van der Waals surface area contributed by atoms with Gasteiger partial charge >= 0.3 is 0 Å². The summed E-state index contributed by atoms with van der Waals surface area (Å²) in [5, 5.41) is 0. The van der Waals surface area contributed by atoms with Crippen LogP contribution in [0.1, 0.15) is 50.2 Å². The van der Waals surface area contributed by atoms with Gasteiger partial charge in [0.05, 0.1) is 0 Å². The van der Waals surface area contributed by atoms with E-state index in [4.69, 9.17) is 0 Å². The topological polar surface area (TPSA) is 40.6 Å². The molecule has 0 aromatic heterocycles. The van der Waals surface area contributed by atoms with E-state index < -0.39 is 0 Å². The maximum atomic E-state index is 12.5. The van der Waals surface area contributed by atoms with Crippen LogP contribution in [0.3, 0.4) is 0 Å². The van der Waals surface area contributed by atoms with Gasteiger partial charge in [0.15, 0.2) is 0 Å². The van der Waals surface area contributed by atoms with E-state index in [9.17, 15) is 9.59 Å². The molecule has 1 saturated heterocycles. The molecule has 1 unspecified atom stereocenters. The maximum absolute atomic E-state index is 12.5. The van der Waals surface area contributed by atoms with Crippen molar-refractivity contribution in [1.29, 1.82) is 0 Å². The van der Waals surface area contributed by atoms with Crippen molar-refractivity contribution in [3.8, 4) is 0 Å². The molecule has 23 heavy (non-hydrogen) atoms. The third-order valence-electron chi connectivity index (χ3n) is 5.20. The first kappa shape index (κ1) is 16.0. The van der Waals surface area contributed by atoms with Crippen LogP contribution >= 0.6 is 0 Å². The highest BCUT2D eigenvalue weighted by molar-refractivity contribution is 5.97. The van der Waals surface area contributed by atoms with Crippen molar-refractivity contribution in [3.05, 3.63) is 35.4 Å². The molecule has 1 fully saturated rings. The van der Waals surface area contributed by atoms with E-state index in [0.29, 0.717) is 12.6 Å². The van der Waals surface area contributed by atoms with Gasteiger partial charge in [-0.25, -0.2) is 0 Å². The lowest BCUT2D eigenvalue weighted by molar-refractivity contribution is -0.143. The zero-order chi connectivity index (χ0) is 16.2. The fraction of sp³-hybridized carbons (Fsp3) is 0.579. The highest BCUT2D eigenvalue weighted by Gasteiger charge is 2.29. The van der Waals surface area contributed by atoms with Crippen LogP contribution < -0.4 is 0 Å². The molecule has 0 bridgehead atoms. The predicted octanol–water partition coefficient (Wildman–Crippen LogP) is 2.75. The molecule has 4 heteroatoms. The summed E-state index contributed by atoms with van der Waals surface area (Å²) in [4.78, 5) is 28.9. The Morgan fingerprint density at radius 3 is 2.65 bits per heavy atom. The summed E-state index contributed by atoms with van der Waals surface area (Å²) in [5.74, 6) is -0.00895.